The van der Waals surface area contributed by atoms with E-state index in [9.17, 15) is 54.2 Å². The Hall–Kier alpha value is -4.38. The average Bonchev–Trinajstić information content (AvgIpc) is 3.46. The van der Waals surface area contributed by atoms with Gasteiger partial charge in [0.25, 0.3) is 5.95 Å². The van der Waals surface area contributed by atoms with E-state index >= 15 is 0 Å². The first-order chi connectivity index (χ1) is 22.8. The molecule has 18 heteroatoms. The van der Waals surface area contributed by atoms with E-state index < -0.39 is 83.1 Å². The number of aromatic nitrogens is 4. The van der Waals surface area contributed by atoms with Crippen LogP contribution in [0.2, 0.25) is 0 Å². The third kappa shape index (κ3) is 7.61. The number of rotatable bonds is 7. The third-order valence-corrected chi connectivity index (χ3v) is 9.10. The number of aryl methyl sites for hydroxylation is 1. The SMILES string of the molecule is CC[C@@H]1CC(N(Cc2cc(C(F)(F)F)cc(C(F)(F)F)c2)c2nnn(C)n2)c2cc(C(F)(F)F)ccc2N1C(=O)[C@H]1CC[C@H](C(=O)O)CC1. The van der Waals surface area contributed by atoms with Crippen LogP contribution in [0.5, 0.6) is 0 Å². The van der Waals surface area contributed by atoms with Crippen molar-refractivity contribution < 1.29 is 54.2 Å². The van der Waals surface area contributed by atoms with Crippen LogP contribution in [0.15, 0.2) is 36.4 Å². The summed E-state index contributed by atoms with van der Waals surface area (Å²) in [7, 11) is 1.35. The first-order valence-corrected chi connectivity index (χ1v) is 15.3. The van der Waals surface area contributed by atoms with E-state index in [1.165, 1.54) is 16.8 Å². The Morgan fingerprint density at radius 1 is 0.857 bits per heavy atom. The zero-order valence-electron chi connectivity index (χ0n) is 26.1. The van der Waals surface area contributed by atoms with E-state index in [0.29, 0.717) is 12.1 Å². The second-order valence-electron chi connectivity index (χ2n) is 12.3. The lowest BCUT2D eigenvalue weighted by Gasteiger charge is -2.45. The molecule has 2 atom stereocenters. The van der Waals surface area contributed by atoms with Crippen LogP contribution in [-0.4, -0.2) is 43.2 Å². The van der Waals surface area contributed by atoms with Crippen molar-refractivity contribution in [3.63, 3.8) is 0 Å². The number of tetrazole rings is 1. The summed E-state index contributed by atoms with van der Waals surface area (Å²) >= 11 is 0. The van der Waals surface area contributed by atoms with Crippen molar-refractivity contribution in [2.75, 3.05) is 9.80 Å². The average molecular weight is 707 g/mol. The monoisotopic (exact) mass is 706 g/mol. The molecule has 2 aliphatic rings. The number of carbonyl (C=O) groups is 2. The van der Waals surface area contributed by atoms with E-state index in [1.807, 2.05) is 0 Å². The molecule has 266 valence electrons. The van der Waals surface area contributed by atoms with Crippen molar-refractivity contribution in [2.24, 2.45) is 18.9 Å². The molecule has 0 bridgehead atoms. The molecule has 49 heavy (non-hydrogen) atoms. The van der Waals surface area contributed by atoms with E-state index in [1.54, 1.807) is 6.92 Å². The molecular weight excluding hydrogens is 675 g/mol. The van der Waals surface area contributed by atoms with Gasteiger partial charge in [0, 0.05) is 24.2 Å². The number of hydrogen-bond acceptors (Lipinski definition) is 6. The summed E-state index contributed by atoms with van der Waals surface area (Å²) in [6.07, 6.45) is -14.0. The van der Waals surface area contributed by atoms with Gasteiger partial charge in [-0.1, -0.05) is 12.0 Å². The van der Waals surface area contributed by atoms with Gasteiger partial charge in [-0.15, -0.1) is 5.10 Å². The molecule has 1 aromatic heterocycles. The first kappa shape index (κ1) is 35.9. The highest BCUT2D eigenvalue weighted by Gasteiger charge is 2.44. The van der Waals surface area contributed by atoms with Crippen LogP contribution in [0.25, 0.3) is 0 Å². The Balaban J connectivity index is 1.64. The maximum absolute atomic E-state index is 14.1. The molecule has 9 nitrogen and oxygen atoms in total. The standard InChI is InChI=1S/C31H31F9N6O3/c1-3-22-14-25(45(28-41-43-44(2)42-28)15-16-10-20(30(35,36)37)12-21(11-16)31(38,39)40)23-13-19(29(32,33)34)8-9-24(23)46(22)26(47)17-4-6-18(7-5-17)27(48)49/h8-13,17-18,22,25H,3-7,14-15H2,1-2H3,(H,48,49)/t17-,18-,22-,25?/m1/s1. The molecule has 2 heterocycles. The number of anilines is 2. The number of aliphatic carboxylic acids is 1. The largest absolute Gasteiger partial charge is 0.481 e. The molecule has 1 unspecified atom stereocenters. The Morgan fingerprint density at radius 2 is 1.43 bits per heavy atom. The van der Waals surface area contributed by atoms with Gasteiger partial charge in [0.15, 0.2) is 0 Å². The predicted octanol–water partition coefficient (Wildman–Crippen LogP) is 7.42. The molecule has 0 saturated heterocycles. The van der Waals surface area contributed by atoms with Crippen LogP contribution in [0.1, 0.15) is 79.3 Å². The Labute approximate surface area is 273 Å². The fourth-order valence-electron chi connectivity index (χ4n) is 6.65. The molecule has 0 spiro atoms. The maximum atomic E-state index is 14.1. The van der Waals surface area contributed by atoms with Gasteiger partial charge in [-0.3, -0.25) is 9.59 Å². The highest BCUT2D eigenvalue weighted by Crippen LogP contribution is 2.47. The van der Waals surface area contributed by atoms with E-state index in [0.717, 1.165) is 23.0 Å². The molecular formula is C31H31F9N6O3. The predicted molar refractivity (Wildman–Crippen MR) is 155 cm³/mol. The van der Waals surface area contributed by atoms with Crippen molar-refractivity contribution in [3.05, 3.63) is 64.2 Å². The van der Waals surface area contributed by atoms with E-state index in [-0.39, 0.29) is 61.8 Å². The van der Waals surface area contributed by atoms with Crippen molar-refractivity contribution >= 4 is 23.5 Å². The quantitative estimate of drug-likeness (QED) is 0.255. The van der Waals surface area contributed by atoms with Crippen molar-refractivity contribution in [1.29, 1.82) is 0 Å². The second kappa shape index (κ2) is 13.2. The molecule has 1 aliphatic heterocycles. The van der Waals surface area contributed by atoms with Gasteiger partial charge in [-0.05, 0) is 91.3 Å². The molecule has 1 saturated carbocycles. The number of carboxylic acid groups (broad SMARTS) is 1. The van der Waals surface area contributed by atoms with Gasteiger partial charge in [0.05, 0.1) is 35.7 Å². The van der Waals surface area contributed by atoms with Crippen LogP contribution in [0.3, 0.4) is 0 Å². The van der Waals surface area contributed by atoms with Gasteiger partial charge < -0.3 is 14.9 Å². The van der Waals surface area contributed by atoms with Gasteiger partial charge >= 0.3 is 24.5 Å². The number of nitrogens with zero attached hydrogens (tertiary/aromatic N) is 6. The Morgan fingerprint density at radius 3 is 1.92 bits per heavy atom. The molecule has 2 aromatic carbocycles. The topological polar surface area (TPSA) is 104 Å². The number of hydrogen-bond donors (Lipinski definition) is 1. The van der Waals surface area contributed by atoms with Crippen molar-refractivity contribution in [1.82, 2.24) is 20.2 Å². The number of carboxylic acids is 1. The lowest BCUT2D eigenvalue weighted by Crippen LogP contribution is -2.50. The summed E-state index contributed by atoms with van der Waals surface area (Å²) in [6, 6.07) is 1.91. The first-order valence-electron chi connectivity index (χ1n) is 15.3. The second-order valence-corrected chi connectivity index (χ2v) is 12.3. The Bertz CT molecular complexity index is 1660. The molecule has 1 fully saturated rings. The molecule has 0 radical (unpaired) electrons. The van der Waals surface area contributed by atoms with Crippen LogP contribution in [-0.2, 0) is 41.7 Å². The number of amides is 1. The summed E-state index contributed by atoms with van der Waals surface area (Å²) in [5.74, 6) is -2.90. The number of alkyl halides is 9. The van der Waals surface area contributed by atoms with Crippen molar-refractivity contribution in [3.8, 4) is 0 Å². The summed E-state index contributed by atoms with van der Waals surface area (Å²) in [5.41, 5.74) is -4.70. The molecule has 5 rings (SSSR count). The zero-order chi connectivity index (χ0) is 36.1. The van der Waals surface area contributed by atoms with Crippen LogP contribution in [0, 0.1) is 11.8 Å². The molecule has 1 amide bonds. The lowest BCUT2D eigenvalue weighted by atomic mass is 9.80. The highest BCUT2D eigenvalue weighted by molar-refractivity contribution is 5.97. The van der Waals surface area contributed by atoms with Crippen LogP contribution < -0.4 is 9.80 Å². The number of carbonyl (C=O) groups excluding carboxylic acids is 1. The summed E-state index contributed by atoms with van der Waals surface area (Å²) in [5, 5.41) is 21.1. The van der Waals surface area contributed by atoms with Gasteiger partial charge in [-0.25, -0.2) is 0 Å². The third-order valence-electron chi connectivity index (χ3n) is 9.10. The fraction of sp³-hybridized carbons (Fsp3) is 0.516. The zero-order valence-corrected chi connectivity index (χ0v) is 26.1. The van der Waals surface area contributed by atoms with Crippen LogP contribution in [0.4, 0.5) is 51.1 Å². The van der Waals surface area contributed by atoms with Crippen molar-refractivity contribution in [2.45, 2.75) is 82.6 Å². The minimum absolute atomic E-state index is 0.0273. The van der Waals surface area contributed by atoms with Gasteiger partial charge in [0.2, 0.25) is 5.91 Å². The van der Waals surface area contributed by atoms with Gasteiger partial charge in [0.1, 0.15) is 0 Å². The minimum atomic E-state index is -5.15. The molecule has 1 N–H and O–H groups in total. The molecule has 1 aliphatic carbocycles. The summed E-state index contributed by atoms with van der Waals surface area (Å²) < 4.78 is 125. The number of halogens is 9. The normalized spacial score (nSPS) is 21.7. The number of benzene rings is 2. The summed E-state index contributed by atoms with van der Waals surface area (Å²) in [6.45, 7) is 1.04. The Kier molecular flexibility index (Phi) is 9.64. The van der Waals surface area contributed by atoms with Gasteiger partial charge in [-0.2, -0.15) is 44.3 Å². The summed E-state index contributed by atoms with van der Waals surface area (Å²) in [4.78, 5) is 29.1. The van der Waals surface area contributed by atoms with Crippen LogP contribution >= 0.6 is 0 Å². The number of fused-ring (bicyclic) bond motifs is 1. The molecule has 3 aromatic rings. The smallest absolute Gasteiger partial charge is 0.416 e. The van der Waals surface area contributed by atoms with E-state index in [4.69, 9.17) is 0 Å². The fourth-order valence-corrected chi connectivity index (χ4v) is 6.65. The van der Waals surface area contributed by atoms with E-state index in [2.05, 4.69) is 15.4 Å². The maximum Gasteiger partial charge on any atom is 0.416 e. The minimum Gasteiger partial charge on any atom is -0.481 e. The highest BCUT2D eigenvalue weighted by atomic mass is 19.4. The lowest BCUT2D eigenvalue weighted by molar-refractivity contribution is -0.144.